The highest BCUT2D eigenvalue weighted by atomic mass is 19.4. The fourth-order valence-corrected chi connectivity index (χ4v) is 3.66. The average molecular weight is 726 g/mol. The highest BCUT2D eigenvalue weighted by Crippen LogP contribution is 2.63. The van der Waals surface area contributed by atoms with Crippen LogP contribution in [0.1, 0.15) is 45.7 Å². The normalized spacial score (nSPS) is 14.1. The number of rotatable bonds is 15. The third-order valence-corrected chi connectivity index (χ3v) is 6.86. The third kappa shape index (κ3) is 6.75. The van der Waals surface area contributed by atoms with E-state index in [1.54, 1.807) is 13.8 Å². The molecule has 0 amide bonds. The largest absolute Gasteiger partial charge is 0.455 e. The maximum absolute atomic E-state index is 14.2. The van der Waals surface area contributed by atoms with Crippen LogP contribution in [0.15, 0.2) is 48.5 Å². The van der Waals surface area contributed by atoms with E-state index in [1.165, 1.54) is 24.3 Å². The molecule has 0 N–H and O–H groups in total. The lowest BCUT2D eigenvalue weighted by Crippen LogP contribution is -2.75. The lowest BCUT2D eigenvalue weighted by molar-refractivity contribution is -0.454. The molecule has 0 aliphatic rings. The van der Waals surface area contributed by atoms with E-state index in [0.717, 1.165) is 24.3 Å². The maximum atomic E-state index is 14.2. The van der Waals surface area contributed by atoms with Crippen molar-refractivity contribution in [1.82, 2.24) is 0 Å². The van der Waals surface area contributed by atoms with E-state index in [2.05, 4.69) is 9.47 Å². The Hall–Kier alpha value is -3.74. The van der Waals surface area contributed by atoms with Crippen molar-refractivity contribution >= 4 is 11.9 Å². The van der Waals surface area contributed by atoms with Crippen LogP contribution in [-0.4, -0.2) is 72.5 Å². The second kappa shape index (κ2) is 13.3. The van der Waals surface area contributed by atoms with Gasteiger partial charge >= 0.3 is 59.3 Å². The molecule has 0 atom stereocenters. The Morgan fingerprint density at radius 3 is 0.896 bits per heavy atom. The molecule has 0 fully saturated rings. The summed E-state index contributed by atoms with van der Waals surface area (Å²) in [6, 6.07) is 8.10. The molecule has 2 aromatic carbocycles. The molecule has 2 aromatic rings. The number of alkyl halides is 16. The van der Waals surface area contributed by atoms with Crippen molar-refractivity contribution in [3.63, 3.8) is 0 Å². The van der Waals surface area contributed by atoms with Gasteiger partial charge < -0.3 is 9.47 Å². The van der Waals surface area contributed by atoms with Crippen LogP contribution in [0.4, 0.5) is 70.2 Å². The van der Waals surface area contributed by atoms with Crippen LogP contribution in [0.2, 0.25) is 0 Å². The van der Waals surface area contributed by atoms with Gasteiger partial charge in [-0.25, -0.2) is 9.59 Å². The van der Waals surface area contributed by atoms with Gasteiger partial charge in [-0.2, -0.15) is 70.2 Å². The number of hydrogen-bond acceptors (Lipinski definition) is 4. The number of esters is 2. The summed E-state index contributed by atoms with van der Waals surface area (Å²) < 4.78 is 234. The van der Waals surface area contributed by atoms with Gasteiger partial charge in [0.2, 0.25) is 0 Å². The van der Waals surface area contributed by atoms with Crippen LogP contribution < -0.4 is 0 Å². The molecule has 0 aliphatic heterocycles. The Labute approximate surface area is 260 Å². The van der Waals surface area contributed by atoms with E-state index in [-0.39, 0.29) is 0 Å². The topological polar surface area (TPSA) is 52.6 Å². The number of aryl methyl sites for hydroxylation is 2. The molecule has 0 radical (unpaired) electrons. The number of hydrogen-bond donors (Lipinski definition) is 0. The molecule has 4 nitrogen and oxygen atoms in total. The standard InChI is InChI=1S/C28H22F16O4/c1-3-15-5-9-17(10-6-15)19(45)47-13-21(29,30)23(33,34)25(37,38)27(41,42)28(43,44)26(39,40)24(35,36)22(31,32)14-48-20(46)18-11-7-16(4-2)8-12-18/h5-12H,3-4,13-14H2,1-2H3. The summed E-state index contributed by atoms with van der Waals surface area (Å²) in [5.74, 6) is -67.6. The highest BCUT2D eigenvalue weighted by molar-refractivity contribution is 5.89. The molecular weight excluding hydrogens is 704 g/mol. The van der Waals surface area contributed by atoms with Gasteiger partial charge in [0.1, 0.15) is 0 Å². The zero-order valence-electron chi connectivity index (χ0n) is 24.1. The minimum atomic E-state index is -8.66. The quantitative estimate of drug-likeness (QED) is 0.136. The first-order chi connectivity index (χ1) is 21.6. The Bertz CT molecular complexity index is 1330. The zero-order valence-corrected chi connectivity index (χ0v) is 24.1. The van der Waals surface area contributed by atoms with E-state index >= 15 is 0 Å². The van der Waals surface area contributed by atoms with Gasteiger partial charge in [0.15, 0.2) is 13.2 Å². The van der Waals surface area contributed by atoms with E-state index in [1.807, 2.05) is 0 Å². The number of halogens is 16. The Balaban J connectivity index is 2.35. The summed E-state index contributed by atoms with van der Waals surface area (Å²) >= 11 is 0. The minimum absolute atomic E-state index is 0.359. The maximum Gasteiger partial charge on any atom is 0.385 e. The van der Waals surface area contributed by atoms with Gasteiger partial charge in [-0.15, -0.1) is 0 Å². The average Bonchev–Trinajstić information content (AvgIpc) is 3.01. The van der Waals surface area contributed by atoms with E-state index in [0.29, 0.717) is 24.0 Å². The van der Waals surface area contributed by atoms with Crippen molar-refractivity contribution in [2.24, 2.45) is 0 Å². The molecule has 0 aliphatic carbocycles. The first kappa shape index (κ1) is 40.4. The molecule has 0 aromatic heterocycles. The molecule has 0 saturated heterocycles. The van der Waals surface area contributed by atoms with Crippen LogP contribution in [0.5, 0.6) is 0 Å². The SMILES string of the molecule is CCc1ccc(C(=O)OCC(F)(F)C(F)(F)C(F)(F)C(F)(F)C(F)(F)C(F)(F)C(F)(F)C(F)(F)COC(=O)c2ccc(CC)cc2)cc1. The summed E-state index contributed by atoms with van der Waals surface area (Å²) in [7, 11) is 0. The highest BCUT2D eigenvalue weighted by Gasteiger charge is 2.94. The number of ether oxygens (including phenoxy) is 2. The first-order valence-corrected chi connectivity index (χ1v) is 13.1. The molecule has 2 rings (SSSR count). The molecular formula is C28H22F16O4. The molecule has 0 saturated carbocycles. The third-order valence-electron chi connectivity index (χ3n) is 6.86. The summed E-state index contributed by atoms with van der Waals surface area (Å²) in [4.78, 5) is 23.6. The minimum Gasteiger partial charge on any atom is -0.455 e. The monoisotopic (exact) mass is 726 g/mol. The summed E-state index contributed by atoms with van der Waals surface area (Å²) in [5, 5.41) is 0. The Morgan fingerprint density at radius 1 is 0.438 bits per heavy atom. The van der Waals surface area contributed by atoms with Crippen molar-refractivity contribution in [2.75, 3.05) is 13.2 Å². The Kier molecular flexibility index (Phi) is 11.2. The van der Waals surface area contributed by atoms with Crippen LogP contribution in [-0.2, 0) is 22.3 Å². The summed E-state index contributed by atoms with van der Waals surface area (Å²) in [6.07, 6.45) is 0.718. The molecule has 0 spiro atoms. The van der Waals surface area contributed by atoms with Crippen molar-refractivity contribution < 1.29 is 89.3 Å². The predicted octanol–water partition coefficient (Wildman–Crippen LogP) is 8.91. The van der Waals surface area contributed by atoms with Crippen LogP contribution >= 0.6 is 0 Å². The molecule has 0 heterocycles. The number of benzene rings is 2. The molecule has 48 heavy (non-hydrogen) atoms. The van der Waals surface area contributed by atoms with Gasteiger partial charge in [-0.05, 0) is 48.2 Å². The lowest BCUT2D eigenvalue weighted by atomic mass is 9.88. The van der Waals surface area contributed by atoms with Crippen molar-refractivity contribution in [3.05, 3.63) is 70.8 Å². The van der Waals surface area contributed by atoms with Crippen molar-refractivity contribution in [1.29, 1.82) is 0 Å². The van der Waals surface area contributed by atoms with Gasteiger partial charge in [-0.1, -0.05) is 38.1 Å². The van der Waals surface area contributed by atoms with Crippen molar-refractivity contribution in [2.45, 2.75) is 74.1 Å². The van der Waals surface area contributed by atoms with Gasteiger partial charge in [-0.3, -0.25) is 0 Å². The van der Waals surface area contributed by atoms with Gasteiger partial charge in [0, 0.05) is 0 Å². The number of carbonyl (C=O) groups is 2. The molecule has 20 heteroatoms. The lowest BCUT2D eigenvalue weighted by Gasteiger charge is -2.43. The predicted molar refractivity (Wildman–Crippen MR) is 132 cm³/mol. The molecule has 270 valence electrons. The van der Waals surface area contributed by atoms with Gasteiger partial charge in [0.25, 0.3) is 0 Å². The fourth-order valence-electron chi connectivity index (χ4n) is 3.66. The van der Waals surface area contributed by atoms with E-state index < -0.39 is 83.7 Å². The van der Waals surface area contributed by atoms with Gasteiger partial charge in [0.05, 0.1) is 11.1 Å². The fraction of sp³-hybridized carbons (Fsp3) is 0.500. The van der Waals surface area contributed by atoms with E-state index in [4.69, 9.17) is 0 Å². The first-order valence-electron chi connectivity index (χ1n) is 13.1. The van der Waals surface area contributed by atoms with E-state index in [9.17, 15) is 79.8 Å². The van der Waals surface area contributed by atoms with Crippen LogP contribution in [0.25, 0.3) is 0 Å². The second-order valence-electron chi connectivity index (χ2n) is 10.1. The second-order valence-corrected chi connectivity index (χ2v) is 10.1. The number of carbonyl (C=O) groups excluding carboxylic acids is 2. The molecule has 0 unspecified atom stereocenters. The van der Waals surface area contributed by atoms with Crippen LogP contribution in [0, 0.1) is 0 Å². The smallest absolute Gasteiger partial charge is 0.385 e. The Morgan fingerprint density at radius 2 is 0.667 bits per heavy atom. The summed E-state index contributed by atoms with van der Waals surface area (Å²) in [6.45, 7) is -3.32. The van der Waals surface area contributed by atoms with Crippen LogP contribution in [0.3, 0.4) is 0 Å². The molecule has 0 bridgehead atoms. The summed E-state index contributed by atoms with van der Waals surface area (Å²) in [5.41, 5.74) is -0.356. The van der Waals surface area contributed by atoms with Crippen molar-refractivity contribution in [3.8, 4) is 0 Å². The zero-order chi connectivity index (χ0) is 37.4.